The molecule has 16 heavy (non-hydrogen) atoms. The van der Waals surface area contributed by atoms with E-state index in [2.05, 4.69) is 50.5 Å². The zero-order valence-electron chi connectivity index (χ0n) is 10.7. The number of hydrogen-bond donors (Lipinski definition) is 0. The Bertz CT molecular complexity index is 400. The number of rotatable bonds is 4. The summed E-state index contributed by atoms with van der Waals surface area (Å²) in [7, 11) is 1.84. The molecule has 2 nitrogen and oxygen atoms in total. The third-order valence-electron chi connectivity index (χ3n) is 2.51. The Hall–Kier alpha value is -0.960. The molecule has 0 unspecified atom stereocenters. The van der Waals surface area contributed by atoms with Gasteiger partial charge in [0.2, 0.25) is 0 Å². The number of nitrogens with zero attached hydrogens (tertiary/aromatic N) is 2. The van der Waals surface area contributed by atoms with Gasteiger partial charge in [0, 0.05) is 23.2 Å². The van der Waals surface area contributed by atoms with Crippen molar-refractivity contribution in [3.05, 3.63) is 16.5 Å². The van der Waals surface area contributed by atoms with E-state index >= 15 is 0 Å². The number of hydrogen-bond acceptors (Lipinski definition) is 3. The van der Waals surface area contributed by atoms with E-state index < -0.39 is 0 Å². The molecule has 0 saturated carbocycles. The van der Waals surface area contributed by atoms with Crippen LogP contribution in [0.2, 0.25) is 0 Å². The van der Waals surface area contributed by atoms with Crippen LogP contribution in [-0.4, -0.2) is 19.5 Å². The molecule has 0 fully saturated rings. The Labute approximate surface area is 102 Å². The Morgan fingerprint density at radius 3 is 2.31 bits per heavy atom. The standard InChI is InChI=1S/C13H20N2S/c1-8(2)11-7-10(13(15-6)16-11)12(14-5)9(3)4/h7-9H,6H2,1-5H3. The first-order valence-electron chi connectivity index (χ1n) is 5.58. The normalized spacial score (nSPS) is 12.6. The molecule has 1 rings (SSSR count). The minimum Gasteiger partial charge on any atom is -0.292 e. The minimum atomic E-state index is 0.417. The van der Waals surface area contributed by atoms with Gasteiger partial charge < -0.3 is 0 Å². The molecule has 0 saturated heterocycles. The first-order chi connectivity index (χ1) is 7.51. The predicted molar refractivity (Wildman–Crippen MR) is 74.9 cm³/mol. The maximum Gasteiger partial charge on any atom is 0.124 e. The Kier molecular flexibility index (Phi) is 4.42. The highest BCUT2D eigenvalue weighted by molar-refractivity contribution is 7.16. The number of thiophene rings is 1. The van der Waals surface area contributed by atoms with Gasteiger partial charge in [0.15, 0.2) is 0 Å². The average molecular weight is 236 g/mol. The second-order valence-electron chi connectivity index (χ2n) is 4.44. The van der Waals surface area contributed by atoms with Crippen molar-refractivity contribution in [2.45, 2.75) is 33.6 Å². The van der Waals surface area contributed by atoms with Crippen molar-refractivity contribution in [2.24, 2.45) is 15.9 Å². The zero-order valence-corrected chi connectivity index (χ0v) is 11.6. The van der Waals surface area contributed by atoms with E-state index in [4.69, 9.17) is 0 Å². The molecular weight excluding hydrogens is 216 g/mol. The van der Waals surface area contributed by atoms with Crippen LogP contribution in [0.3, 0.4) is 0 Å². The largest absolute Gasteiger partial charge is 0.292 e. The lowest BCUT2D eigenvalue weighted by atomic mass is 10.0. The second-order valence-corrected chi connectivity index (χ2v) is 5.51. The smallest absolute Gasteiger partial charge is 0.124 e. The van der Waals surface area contributed by atoms with Crippen LogP contribution in [0.25, 0.3) is 0 Å². The maximum absolute atomic E-state index is 4.37. The minimum absolute atomic E-state index is 0.417. The third-order valence-corrected chi connectivity index (χ3v) is 3.88. The summed E-state index contributed by atoms with van der Waals surface area (Å²) in [6.45, 7) is 12.3. The second kappa shape index (κ2) is 5.39. The van der Waals surface area contributed by atoms with Crippen LogP contribution in [0, 0.1) is 5.92 Å². The fraction of sp³-hybridized carbons (Fsp3) is 0.538. The predicted octanol–water partition coefficient (Wildman–Crippen LogP) is 4.28. The molecule has 0 N–H and O–H groups in total. The van der Waals surface area contributed by atoms with E-state index in [9.17, 15) is 0 Å². The summed E-state index contributed by atoms with van der Waals surface area (Å²) >= 11 is 1.72. The van der Waals surface area contributed by atoms with Crippen molar-refractivity contribution in [1.29, 1.82) is 0 Å². The lowest BCUT2D eigenvalue weighted by Gasteiger charge is -2.08. The van der Waals surface area contributed by atoms with Gasteiger partial charge in [-0.2, -0.15) is 0 Å². The van der Waals surface area contributed by atoms with Gasteiger partial charge in [0.05, 0.1) is 0 Å². The molecular formula is C13H20N2S. The fourth-order valence-electron chi connectivity index (χ4n) is 1.68. The molecule has 0 spiro atoms. The molecule has 88 valence electrons. The van der Waals surface area contributed by atoms with E-state index in [1.807, 2.05) is 7.05 Å². The molecule has 1 heterocycles. The lowest BCUT2D eigenvalue weighted by molar-refractivity contribution is 0.877. The van der Waals surface area contributed by atoms with Gasteiger partial charge in [0.1, 0.15) is 5.00 Å². The van der Waals surface area contributed by atoms with E-state index in [-0.39, 0.29) is 0 Å². The first kappa shape index (κ1) is 13.1. The van der Waals surface area contributed by atoms with Gasteiger partial charge in [-0.1, -0.05) is 27.7 Å². The summed E-state index contributed by atoms with van der Waals surface area (Å²) in [6, 6.07) is 2.21. The summed E-state index contributed by atoms with van der Waals surface area (Å²) in [5, 5.41) is 0.998. The Morgan fingerprint density at radius 2 is 1.94 bits per heavy atom. The average Bonchev–Trinajstić information content (AvgIpc) is 2.62. The molecule has 0 amide bonds. The van der Waals surface area contributed by atoms with E-state index in [1.54, 1.807) is 11.3 Å². The van der Waals surface area contributed by atoms with Crippen molar-refractivity contribution in [3.8, 4) is 0 Å². The van der Waals surface area contributed by atoms with Crippen LogP contribution in [0.1, 0.15) is 44.1 Å². The van der Waals surface area contributed by atoms with Gasteiger partial charge in [-0.05, 0) is 24.6 Å². The van der Waals surface area contributed by atoms with Crippen LogP contribution < -0.4 is 0 Å². The highest BCUT2D eigenvalue weighted by Crippen LogP contribution is 2.36. The summed E-state index contributed by atoms with van der Waals surface area (Å²) in [5.74, 6) is 0.949. The highest BCUT2D eigenvalue weighted by Gasteiger charge is 2.16. The van der Waals surface area contributed by atoms with E-state index in [0.29, 0.717) is 11.8 Å². The maximum atomic E-state index is 4.37. The van der Waals surface area contributed by atoms with Crippen LogP contribution in [0.15, 0.2) is 16.1 Å². The molecule has 0 aliphatic carbocycles. The first-order valence-corrected chi connectivity index (χ1v) is 6.40. The molecule has 0 aromatic carbocycles. The van der Waals surface area contributed by atoms with Crippen LogP contribution >= 0.6 is 11.3 Å². The van der Waals surface area contributed by atoms with Crippen LogP contribution in [0.5, 0.6) is 0 Å². The monoisotopic (exact) mass is 236 g/mol. The molecule has 0 aliphatic rings. The molecule has 0 radical (unpaired) electrons. The topological polar surface area (TPSA) is 24.7 Å². The van der Waals surface area contributed by atoms with Crippen LogP contribution in [0.4, 0.5) is 5.00 Å². The summed E-state index contributed by atoms with van der Waals surface area (Å²) in [4.78, 5) is 9.83. The quantitative estimate of drug-likeness (QED) is 0.697. The van der Waals surface area contributed by atoms with Crippen LogP contribution in [-0.2, 0) is 0 Å². The van der Waals surface area contributed by atoms with E-state index in [1.165, 1.54) is 4.88 Å². The van der Waals surface area contributed by atoms with Crippen molar-refractivity contribution < 1.29 is 0 Å². The molecule has 1 aromatic heterocycles. The van der Waals surface area contributed by atoms with Gasteiger partial charge in [-0.25, -0.2) is 0 Å². The summed E-state index contributed by atoms with van der Waals surface area (Å²) in [5.41, 5.74) is 2.27. The fourth-order valence-corrected chi connectivity index (χ4v) is 2.65. The molecule has 0 aliphatic heterocycles. The Balaban J connectivity index is 3.26. The molecule has 1 aromatic rings. The summed E-state index contributed by atoms with van der Waals surface area (Å²) in [6.07, 6.45) is 0. The molecule has 0 bridgehead atoms. The van der Waals surface area contributed by atoms with Crippen molar-refractivity contribution in [1.82, 2.24) is 0 Å². The van der Waals surface area contributed by atoms with Crippen molar-refractivity contribution >= 4 is 28.8 Å². The molecule has 3 heteroatoms. The van der Waals surface area contributed by atoms with E-state index in [0.717, 1.165) is 16.3 Å². The zero-order chi connectivity index (χ0) is 12.3. The third kappa shape index (κ3) is 2.59. The number of aliphatic imine (C=N–C) groups is 2. The van der Waals surface area contributed by atoms with Crippen molar-refractivity contribution in [2.75, 3.05) is 7.05 Å². The van der Waals surface area contributed by atoms with Gasteiger partial charge in [-0.3, -0.25) is 9.98 Å². The highest BCUT2D eigenvalue weighted by atomic mass is 32.1. The molecule has 0 atom stereocenters. The van der Waals surface area contributed by atoms with Gasteiger partial charge in [0.25, 0.3) is 0 Å². The SMILES string of the molecule is C=Nc1sc(C(C)C)cc1C(=NC)C(C)C. The Morgan fingerprint density at radius 1 is 1.31 bits per heavy atom. The summed E-state index contributed by atoms with van der Waals surface area (Å²) < 4.78 is 0. The van der Waals surface area contributed by atoms with Crippen molar-refractivity contribution in [3.63, 3.8) is 0 Å². The van der Waals surface area contributed by atoms with Gasteiger partial charge >= 0.3 is 0 Å². The van der Waals surface area contributed by atoms with Gasteiger partial charge in [-0.15, -0.1) is 11.3 Å². The lowest BCUT2D eigenvalue weighted by Crippen LogP contribution is -2.08.